The third kappa shape index (κ3) is 3.48. The minimum atomic E-state index is -0.247. The second-order valence-electron chi connectivity index (χ2n) is 3.59. The minimum Gasteiger partial charge on any atom is -0.355 e. The van der Waals surface area contributed by atoms with Crippen LogP contribution in [-0.2, 0) is 0 Å². The van der Waals surface area contributed by atoms with Gasteiger partial charge in [-0.25, -0.2) is 4.79 Å². The van der Waals surface area contributed by atoms with Crippen LogP contribution < -0.4 is 16.0 Å². The molecule has 92 valence electrons. The molecule has 0 unspecified atom stereocenters. The van der Waals surface area contributed by atoms with Crippen LogP contribution in [0.25, 0.3) is 0 Å². The van der Waals surface area contributed by atoms with Crippen LogP contribution in [0.15, 0.2) is 18.2 Å². The van der Waals surface area contributed by atoms with Gasteiger partial charge in [-0.05, 0) is 37.6 Å². The summed E-state index contributed by atoms with van der Waals surface area (Å²) >= 11 is 0. The summed E-state index contributed by atoms with van der Waals surface area (Å²) in [6, 6.07) is 4.88. The molecular formula is C12H17N3O2. The van der Waals surface area contributed by atoms with E-state index in [1.54, 1.807) is 25.2 Å². The van der Waals surface area contributed by atoms with Gasteiger partial charge in [0.2, 0.25) is 0 Å². The third-order valence-corrected chi connectivity index (χ3v) is 2.30. The highest BCUT2D eigenvalue weighted by Gasteiger charge is 2.07. The molecule has 0 aromatic heterocycles. The normalized spacial score (nSPS) is 9.59. The number of hydrogen-bond acceptors (Lipinski definition) is 2. The maximum absolute atomic E-state index is 11.4. The van der Waals surface area contributed by atoms with Gasteiger partial charge in [-0.2, -0.15) is 0 Å². The summed E-state index contributed by atoms with van der Waals surface area (Å²) in [7, 11) is 1.58. The monoisotopic (exact) mass is 235 g/mol. The third-order valence-electron chi connectivity index (χ3n) is 2.30. The Labute approximate surface area is 101 Å². The molecule has 0 aliphatic rings. The number of anilines is 1. The molecule has 0 saturated heterocycles. The van der Waals surface area contributed by atoms with Crippen molar-refractivity contribution in [1.82, 2.24) is 10.6 Å². The molecule has 1 aromatic rings. The molecule has 0 radical (unpaired) electrons. The average Bonchev–Trinajstić information content (AvgIpc) is 2.31. The van der Waals surface area contributed by atoms with Gasteiger partial charge in [-0.3, -0.25) is 4.79 Å². The number of nitrogens with one attached hydrogen (secondary N) is 3. The molecule has 3 N–H and O–H groups in total. The van der Waals surface area contributed by atoms with Crippen molar-refractivity contribution in [2.45, 2.75) is 13.8 Å². The predicted octanol–water partition coefficient (Wildman–Crippen LogP) is 1.50. The van der Waals surface area contributed by atoms with Gasteiger partial charge < -0.3 is 16.0 Å². The fraction of sp³-hybridized carbons (Fsp3) is 0.333. The zero-order chi connectivity index (χ0) is 12.8. The largest absolute Gasteiger partial charge is 0.355 e. The Morgan fingerprint density at radius 3 is 2.53 bits per heavy atom. The number of carbonyl (C=O) groups excluding carboxylic acids is 2. The van der Waals surface area contributed by atoms with Crippen LogP contribution in [0.3, 0.4) is 0 Å². The van der Waals surface area contributed by atoms with Crippen molar-refractivity contribution >= 4 is 17.6 Å². The van der Waals surface area contributed by atoms with Gasteiger partial charge >= 0.3 is 6.03 Å². The van der Waals surface area contributed by atoms with Gasteiger partial charge in [0.1, 0.15) is 0 Å². The van der Waals surface area contributed by atoms with Crippen molar-refractivity contribution in [3.05, 3.63) is 29.3 Å². The number of aryl methyl sites for hydroxylation is 1. The van der Waals surface area contributed by atoms with Crippen molar-refractivity contribution in [3.63, 3.8) is 0 Å². The van der Waals surface area contributed by atoms with Gasteiger partial charge in [0.15, 0.2) is 0 Å². The lowest BCUT2D eigenvalue weighted by atomic mass is 10.1. The van der Waals surface area contributed by atoms with Gasteiger partial charge in [0.25, 0.3) is 5.91 Å². The number of amides is 3. The molecule has 5 nitrogen and oxygen atoms in total. The Balaban J connectivity index is 2.83. The lowest BCUT2D eigenvalue weighted by molar-refractivity contribution is 0.0963. The molecule has 17 heavy (non-hydrogen) atoms. The summed E-state index contributed by atoms with van der Waals surface area (Å²) in [4.78, 5) is 22.7. The van der Waals surface area contributed by atoms with Gasteiger partial charge in [0, 0.05) is 24.8 Å². The Morgan fingerprint density at radius 2 is 2.00 bits per heavy atom. The van der Waals surface area contributed by atoms with Gasteiger partial charge in [0.05, 0.1) is 0 Å². The van der Waals surface area contributed by atoms with Crippen molar-refractivity contribution in [3.8, 4) is 0 Å². The Kier molecular flexibility index (Phi) is 4.51. The molecule has 0 spiro atoms. The molecule has 5 heteroatoms. The molecule has 0 saturated carbocycles. The molecule has 3 amide bonds. The first-order chi connectivity index (χ1) is 8.08. The van der Waals surface area contributed by atoms with Crippen LogP contribution >= 0.6 is 0 Å². The van der Waals surface area contributed by atoms with E-state index in [-0.39, 0.29) is 11.9 Å². The van der Waals surface area contributed by atoms with Crippen LogP contribution in [0.4, 0.5) is 10.5 Å². The molecule has 0 atom stereocenters. The Bertz CT molecular complexity index is 430. The molecule has 0 aliphatic heterocycles. The summed E-state index contributed by atoms with van der Waals surface area (Å²) in [5.41, 5.74) is 2.12. The van der Waals surface area contributed by atoms with E-state index in [2.05, 4.69) is 16.0 Å². The molecule has 0 fully saturated rings. The van der Waals surface area contributed by atoms with Crippen molar-refractivity contribution in [1.29, 1.82) is 0 Å². The number of urea groups is 1. The number of carbonyl (C=O) groups is 2. The second-order valence-corrected chi connectivity index (χ2v) is 3.59. The number of benzene rings is 1. The lowest BCUT2D eigenvalue weighted by Crippen LogP contribution is -2.28. The average molecular weight is 235 g/mol. The Hall–Kier alpha value is -2.04. The number of hydrogen-bond donors (Lipinski definition) is 3. The van der Waals surface area contributed by atoms with E-state index in [4.69, 9.17) is 0 Å². The molecule has 1 rings (SSSR count). The van der Waals surface area contributed by atoms with Crippen LogP contribution in [-0.4, -0.2) is 25.5 Å². The topological polar surface area (TPSA) is 70.2 Å². The fourth-order valence-corrected chi connectivity index (χ4v) is 1.42. The smallest absolute Gasteiger partial charge is 0.319 e. The van der Waals surface area contributed by atoms with E-state index < -0.39 is 0 Å². The maximum Gasteiger partial charge on any atom is 0.319 e. The van der Waals surface area contributed by atoms with Crippen LogP contribution in [0.2, 0.25) is 0 Å². The Morgan fingerprint density at radius 1 is 1.29 bits per heavy atom. The minimum absolute atomic E-state index is 0.141. The highest BCUT2D eigenvalue weighted by molar-refractivity contribution is 5.96. The fourth-order valence-electron chi connectivity index (χ4n) is 1.42. The number of rotatable bonds is 3. The summed E-state index contributed by atoms with van der Waals surface area (Å²) in [5, 5.41) is 7.90. The van der Waals surface area contributed by atoms with E-state index >= 15 is 0 Å². The summed E-state index contributed by atoms with van der Waals surface area (Å²) in [5.74, 6) is -0.141. The van der Waals surface area contributed by atoms with E-state index in [0.717, 1.165) is 5.56 Å². The van der Waals surface area contributed by atoms with Gasteiger partial charge in [-0.15, -0.1) is 0 Å². The highest BCUT2D eigenvalue weighted by atomic mass is 16.2. The zero-order valence-electron chi connectivity index (χ0n) is 10.3. The molecule has 0 aliphatic carbocycles. The molecule has 0 bridgehead atoms. The van der Waals surface area contributed by atoms with Crippen molar-refractivity contribution in [2.75, 3.05) is 18.9 Å². The van der Waals surface area contributed by atoms with Crippen molar-refractivity contribution < 1.29 is 9.59 Å². The predicted molar refractivity (Wildman–Crippen MR) is 67.3 cm³/mol. The SMILES string of the molecule is CCNC(=O)Nc1ccc(C(=O)NC)cc1C. The quantitative estimate of drug-likeness (QED) is 0.743. The second kappa shape index (κ2) is 5.89. The van der Waals surface area contributed by atoms with Crippen molar-refractivity contribution in [2.24, 2.45) is 0 Å². The highest BCUT2D eigenvalue weighted by Crippen LogP contribution is 2.16. The standard InChI is InChI=1S/C12H17N3O2/c1-4-14-12(17)15-10-6-5-9(7-8(10)2)11(16)13-3/h5-7H,4H2,1-3H3,(H,13,16)(H2,14,15,17). The lowest BCUT2D eigenvalue weighted by Gasteiger charge is -2.10. The van der Waals surface area contributed by atoms with E-state index in [1.807, 2.05) is 13.8 Å². The van der Waals surface area contributed by atoms with Crippen LogP contribution in [0.5, 0.6) is 0 Å². The first kappa shape index (κ1) is 13.0. The van der Waals surface area contributed by atoms with E-state index in [1.165, 1.54) is 0 Å². The summed E-state index contributed by atoms with van der Waals surface area (Å²) in [6.45, 7) is 4.26. The summed E-state index contributed by atoms with van der Waals surface area (Å²) in [6.07, 6.45) is 0. The van der Waals surface area contributed by atoms with Crippen LogP contribution in [0.1, 0.15) is 22.8 Å². The summed E-state index contributed by atoms with van der Waals surface area (Å²) < 4.78 is 0. The van der Waals surface area contributed by atoms with Gasteiger partial charge in [-0.1, -0.05) is 0 Å². The molecular weight excluding hydrogens is 218 g/mol. The first-order valence-corrected chi connectivity index (χ1v) is 5.46. The zero-order valence-corrected chi connectivity index (χ0v) is 10.3. The molecule has 0 heterocycles. The van der Waals surface area contributed by atoms with E-state index in [0.29, 0.717) is 17.8 Å². The first-order valence-electron chi connectivity index (χ1n) is 5.46. The van der Waals surface area contributed by atoms with E-state index in [9.17, 15) is 9.59 Å². The molecule has 1 aromatic carbocycles. The maximum atomic E-state index is 11.4. The van der Waals surface area contributed by atoms with Crippen LogP contribution in [0, 0.1) is 6.92 Å².